The highest BCUT2D eigenvalue weighted by atomic mass is 19.4. The van der Waals surface area contributed by atoms with Gasteiger partial charge in [-0.1, -0.05) is 23.8 Å². The molecule has 0 aromatic carbocycles. The first-order valence-corrected chi connectivity index (χ1v) is 9.08. The van der Waals surface area contributed by atoms with Crippen LogP contribution in [0, 0.1) is 0 Å². The highest BCUT2D eigenvalue weighted by Crippen LogP contribution is 2.35. The number of alkyl halides is 3. The van der Waals surface area contributed by atoms with Gasteiger partial charge in [0.1, 0.15) is 12.1 Å². The summed E-state index contributed by atoms with van der Waals surface area (Å²) >= 11 is 0. The third kappa shape index (κ3) is 3.96. The molecule has 0 bridgehead atoms. The van der Waals surface area contributed by atoms with Crippen LogP contribution in [0.2, 0.25) is 0 Å². The van der Waals surface area contributed by atoms with Crippen molar-refractivity contribution in [2.45, 2.75) is 44.8 Å². The van der Waals surface area contributed by atoms with Crippen molar-refractivity contribution in [3.63, 3.8) is 0 Å². The maximum atomic E-state index is 12.8. The minimum Gasteiger partial charge on any atom is -0.383 e. The van der Waals surface area contributed by atoms with Gasteiger partial charge >= 0.3 is 12.1 Å². The number of amides is 1. The number of nitrogens with zero attached hydrogens (tertiary/aromatic N) is 5. The van der Waals surface area contributed by atoms with Crippen LogP contribution in [0.5, 0.6) is 0 Å². The molecule has 1 amide bonds. The van der Waals surface area contributed by atoms with E-state index in [1.807, 2.05) is 19.1 Å². The van der Waals surface area contributed by atoms with E-state index in [1.165, 1.54) is 11.0 Å². The Morgan fingerprint density at radius 2 is 2.03 bits per heavy atom. The zero-order chi connectivity index (χ0) is 21.6. The fraction of sp³-hybridized carbons (Fsp3) is 0.474. The third-order valence-corrected chi connectivity index (χ3v) is 4.94. The van der Waals surface area contributed by atoms with E-state index >= 15 is 0 Å². The van der Waals surface area contributed by atoms with E-state index in [-0.39, 0.29) is 18.3 Å². The average Bonchev–Trinajstić information content (AvgIpc) is 3.02. The second-order valence-corrected chi connectivity index (χ2v) is 7.88. The average molecular weight is 408 g/mol. The molecule has 1 unspecified atom stereocenters. The molecule has 2 heterocycles. The fourth-order valence-electron chi connectivity index (χ4n) is 3.55. The fourth-order valence-corrected chi connectivity index (χ4v) is 3.55. The van der Waals surface area contributed by atoms with E-state index in [2.05, 4.69) is 21.1 Å². The minimum atomic E-state index is -4.94. The van der Waals surface area contributed by atoms with Crippen molar-refractivity contribution in [3.05, 3.63) is 35.8 Å². The molecule has 2 aromatic heterocycles. The normalized spacial score (nSPS) is 17.5. The first kappa shape index (κ1) is 20.8. The number of allylic oxidation sites excluding steroid dienone is 4. The van der Waals surface area contributed by atoms with Gasteiger partial charge in [0.05, 0.1) is 16.6 Å². The van der Waals surface area contributed by atoms with E-state index in [0.717, 1.165) is 19.0 Å². The van der Waals surface area contributed by atoms with Crippen LogP contribution in [0.15, 0.2) is 30.1 Å². The van der Waals surface area contributed by atoms with E-state index in [1.54, 1.807) is 13.8 Å². The number of likely N-dealkylation sites (N-methyl/N-ethyl adjacent to an activating group) is 1. The lowest BCUT2D eigenvalue weighted by Crippen LogP contribution is -2.47. The number of carbonyl (C=O) groups excluding carboxylic acids is 1. The van der Waals surface area contributed by atoms with Crippen LogP contribution in [0.25, 0.3) is 11.0 Å². The molecule has 2 aromatic rings. The Kier molecular flexibility index (Phi) is 5.14. The van der Waals surface area contributed by atoms with Crippen LogP contribution < -0.4 is 5.73 Å². The Balaban J connectivity index is 2.04. The molecule has 1 aliphatic rings. The summed E-state index contributed by atoms with van der Waals surface area (Å²) < 4.78 is 39.9. The molecule has 0 aliphatic heterocycles. The molecular formula is C19H23F3N6O. The predicted octanol–water partition coefficient (Wildman–Crippen LogP) is 3.15. The largest absolute Gasteiger partial charge is 0.471 e. The minimum absolute atomic E-state index is 0.0545. The second kappa shape index (κ2) is 7.16. The standard InChI is InChI=1S/C19H23F3N6O/c1-11-5-7-12(8-6-11)14-13-15(23)24-10-25-16(13)28(26-14)18(2,3)9-27(4)17(29)19(20,21)22/h5-7,10,12H,8-9H2,1-4H3,(H2,23,24,25). The van der Waals surface area contributed by atoms with Gasteiger partial charge in [0.25, 0.3) is 0 Å². The molecule has 1 atom stereocenters. The Hall–Kier alpha value is -2.91. The van der Waals surface area contributed by atoms with Gasteiger partial charge in [-0.3, -0.25) is 4.79 Å². The summed E-state index contributed by atoms with van der Waals surface area (Å²) in [4.78, 5) is 20.6. The van der Waals surface area contributed by atoms with Crippen molar-refractivity contribution in [1.82, 2.24) is 24.6 Å². The molecule has 0 spiro atoms. The van der Waals surface area contributed by atoms with Gasteiger partial charge in [0.15, 0.2) is 5.65 Å². The van der Waals surface area contributed by atoms with Crippen LogP contribution in [-0.4, -0.2) is 50.3 Å². The van der Waals surface area contributed by atoms with E-state index < -0.39 is 17.6 Å². The third-order valence-electron chi connectivity index (χ3n) is 4.94. The molecule has 156 valence electrons. The van der Waals surface area contributed by atoms with Crippen molar-refractivity contribution in [2.75, 3.05) is 19.3 Å². The van der Waals surface area contributed by atoms with Crippen LogP contribution in [0.3, 0.4) is 0 Å². The zero-order valence-electron chi connectivity index (χ0n) is 16.7. The molecule has 0 fully saturated rings. The molecular weight excluding hydrogens is 385 g/mol. The van der Waals surface area contributed by atoms with Gasteiger partial charge < -0.3 is 10.6 Å². The van der Waals surface area contributed by atoms with Crippen molar-refractivity contribution in [1.29, 1.82) is 0 Å². The number of aromatic nitrogens is 4. The number of fused-ring (bicyclic) bond motifs is 1. The molecule has 0 saturated carbocycles. The molecule has 0 radical (unpaired) electrons. The quantitative estimate of drug-likeness (QED) is 0.839. The highest BCUT2D eigenvalue weighted by Gasteiger charge is 2.43. The van der Waals surface area contributed by atoms with Gasteiger partial charge in [-0.15, -0.1) is 0 Å². The van der Waals surface area contributed by atoms with Crippen molar-refractivity contribution in [3.8, 4) is 0 Å². The lowest BCUT2D eigenvalue weighted by atomic mass is 9.93. The van der Waals surface area contributed by atoms with Gasteiger partial charge in [0, 0.05) is 19.5 Å². The number of rotatable bonds is 4. The SMILES string of the molecule is CC1=CCC(c2nn(C(C)(C)CN(C)C(=O)C(F)(F)F)c3ncnc(N)c23)C=C1. The van der Waals surface area contributed by atoms with Crippen molar-refractivity contribution in [2.24, 2.45) is 0 Å². The van der Waals surface area contributed by atoms with Crippen LogP contribution in [-0.2, 0) is 10.3 Å². The predicted molar refractivity (Wildman–Crippen MR) is 103 cm³/mol. The number of nitrogens with two attached hydrogens (primary N) is 1. The Labute approximate surface area is 166 Å². The maximum Gasteiger partial charge on any atom is 0.471 e. The van der Waals surface area contributed by atoms with Crippen LogP contribution in [0.4, 0.5) is 19.0 Å². The monoisotopic (exact) mass is 408 g/mol. The summed E-state index contributed by atoms with van der Waals surface area (Å²) in [7, 11) is 1.12. The summed E-state index contributed by atoms with van der Waals surface area (Å²) in [6, 6.07) is 0. The van der Waals surface area contributed by atoms with E-state index in [0.29, 0.717) is 21.6 Å². The van der Waals surface area contributed by atoms with Gasteiger partial charge in [-0.2, -0.15) is 18.3 Å². The smallest absolute Gasteiger partial charge is 0.383 e. The molecule has 1 aliphatic carbocycles. The van der Waals surface area contributed by atoms with Gasteiger partial charge in [-0.05, 0) is 27.2 Å². The first-order chi connectivity index (χ1) is 13.4. The Bertz CT molecular complexity index is 1010. The molecule has 29 heavy (non-hydrogen) atoms. The number of carbonyl (C=O) groups is 1. The van der Waals surface area contributed by atoms with Gasteiger partial charge in [-0.25, -0.2) is 14.6 Å². The Morgan fingerprint density at radius 1 is 1.34 bits per heavy atom. The number of hydrogen-bond donors (Lipinski definition) is 1. The maximum absolute atomic E-state index is 12.8. The van der Waals surface area contributed by atoms with E-state index in [9.17, 15) is 18.0 Å². The Morgan fingerprint density at radius 3 is 2.62 bits per heavy atom. The lowest BCUT2D eigenvalue weighted by molar-refractivity contribution is -0.185. The summed E-state index contributed by atoms with van der Waals surface area (Å²) in [5.74, 6) is -1.71. The molecule has 10 heteroatoms. The molecule has 2 N–H and O–H groups in total. The number of hydrogen-bond acceptors (Lipinski definition) is 5. The van der Waals surface area contributed by atoms with Gasteiger partial charge in [0.2, 0.25) is 0 Å². The van der Waals surface area contributed by atoms with Crippen LogP contribution in [0.1, 0.15) is 38.8 Å². The van der Waals surface area contributed by atoms with E-state index in [4.69, 9.17) is 5.73 Å². The first-order valence-electron chi connectivity index (χ1n) is 9.08. The van der Waals surface area contributed by atoms with Crippen molar-refractivity contribution >= 4 is 22.8 Å². The van der Waals surface area contributed by atoms with Crippen molar-refractivity contribution < 1.29 is 18.0 Å². The summed E-state index contributed by atoms with van der Waals surface area (Å²) in [5, 5.41) is 5.26. The molecule has 3 rings (SSSR count). The summed E-state index contributed by atoms with van der Waals surface area (Å²) in [6.07, 6.45) is 3.15. The zero-order valence-corrected chi connectivity index (χ0v) is 16.7. The molecule has 7 nitrogen and oxygen atoms in total. The summed E-state index contributed by atoms with van der Waals surface area (Å²) in [6.45, 7) is 5.17. The second-order valence-electron chi connectivity index (χ2n) is 7.88. The topological polar surface area (TPSA) is 89.9 Å². The summed E-state index contributed by atoms with van der Waals surface area (Å²) in [5.41, 5.74) is 7.35. The van der Waals surface area contributed by atoms with Crippen LogP contribution >= 0.6 is 0 Å². The number of nitrogen functional groups attached to an aromatic ring is 1. The highest BCUT2D eigenvalue weighted by molar-refractivity contribution is 5.89. The molecule has 0 saturated heterocycles. The number of anilines is 1. The lowest BCUT2D eigenvalue weighted by Gasteiger charge is -2.31. The number of halogens is 3.